The Morgan fingerprint density at radius 3 is 0.785 bits per heavy atom. The van der Waals surface area contributed by atoms with E-state index in [2.05, 4.69) is 57.2 Å². The molecule has 0 bridgehead atoms. The summed E-state index contributed by atoms with van der Waals surface area (Å²) < 4.78 is 16.9. The Labute approximate surface area is 404 Å². The van der Waals surface area contributed by atoms with Gasteiger partial charge in [0.1, 0.15) is 13.2 Å². The van der Waals surface area contributed by atoms with E-state index < -0.39 is 6.10 Å². The fourth-order valence-electron chi connectivity index (χ4n) is 8.25. The number of carbonyl (C=O) groups excluding carboxylic acids is 3. The van der Waals surface area contributed by atoms with Crippen molar-refractivity contribution in [3.05, 3.63) is 36.5 Å². The number of rotatable bonds is 52. The number of ether oxygens (including phenoxy) is 3. The van der Waals surface area contributed by atoms with Crippen LogP contribution in [0.5, 0.6) is 0 Å². The van der Waals surface area contributed by atoms with Gasteiger partial charge in [0.05, 0.1) is 0 Å². The lowest BCUT2D eigenvalue weighted by Gasteiger charge is -2.18. The van der Waals surface area contributed by atoms with Gasteiger partial charge in [0.25, 0.3) is 0 Å². The van der Waals surface area contributed by atoms with Gasteiger partial charge in [-0.1, -0.05) is 224 Å². The fourth-order valence-corrected chi connectivity index (χ4v) is 8.25. The maximum absolute atomic E-state index is 12.8. The topological polar surface area (TPSA) is 78.9 Å². The zero-order chi connectivity index (χ0) is 47.2. The maximum Gasteiger partial charge on any atom is 0.306 e. The van der Waals surface area contributed by atoms with E-state index in [-0.39, 0.29) is 31.1 Å². The molecule has 0 unspecified atom stereocenters. The second-order valence-electron chi connectivity index (χ2n) is 19.2. The van der Waals surface area contributed by atoms with E-state index in [1.807, 2.05) is 0 Å². The smallest absolute Gasteiger partial charge is 0.306 e. The number of unbranched alkanes of at least 4 members (excludes halogenated alkanes) is 35. The van der Waals surface area contributed by atoms with Crippen LogP contribution in [-0.4, -0.2) is 37.2 Å². The Balaban J connectivity index is 4.36. The molecule has 0 aliphatic carbocycles. The van der Waals surface area contributed by atoms with Crippen molar-refractivity contribution in [1.82, 2.24) is 0 Å². The van der Waals surface area contributed by atoms with Crippen LogP contribution in [0.4, 0.5) is 0 Å². The van der Waals surface area contributed by atoms with Crippen LogP contribution in [0.25, 0.3) is 0 Å². The molecule has 6 nitrogen and oxygen atoms in total. The zero-order valence-corrected chi connectivity index (χ0v) is 43.5. The monoisotopic (exact) mass is 913 g/mol. The predicted octanol–water partition coefficient (Wildman–Crippen LogP) is 18.9. The van der Waals surface area contributed by atoms with Crippen molar-refractivity contribution in [2.24, 2.45) is 0 Å². The van der Waals surface area contributed by atoms with Crippen molar-refractivity contribution in [3.8, 4) is 0 Å². The first kappa shape index (κ1) is 62.6. The lowest BCUT2D eigenvalue weighted by molar-refractivity contribution is -0.167. The third kappa shape index (κ3) is 52.5. The van der Waals surface area contributed by atoms with Crippen LogP contribution in [0, 0.1) is 0 Å². The normalized spacial score (nSPS) is 12.2. The van der Waals surface area contributed by atoms with Crippen LogP contribution in [-0.2, 0) is 28.6 Å². The minimum absolute atomic E-state index is 0.0767. The standard InChI is InChI=1S/C59H108O6/c1-4-7-10-13-16-19-22-25-27-29-31-34-37-40-43-46-49-52-58(61)64-55-56(54-63-57(60)51-48-45-42-39-36-33-24-21-18-15-12-9-6-3)65-59(62)53-50-47-44-41-38-35-32-30-28-26-23-20-17-14-11-8-5-2/h21,24-28,56H,4-20,22-23,29-55H2,1-3H3/b24-21-,27-25-,28-26-/t56-/m1/s1. The molecule has 0 fully saturated rings. The second kappa shape index (κ2) is 54.2. The molecule has 1 atom stereocenters. The van der Waals surface area contributed by atoms with E-state index in [4.69, 9.17) is 14.2 Å². The van der Waals surface area contributed by atoms with E-state index >= 15 is 0 Å². The predicted molar refractivity (Wildman–Crippen MR) is 279 cm³/mol. The molecule has 0 saturated carbocycles. The van der Waals surface area contributed by atoms with Crippen LogP contribution in [0.1, 0.15) is 303 Å². The van der Waals surface area contributed by atoms with Crippen molar-refractivity contribution in [2.45, 2.75) is 309 Å². The van der Waals surface area contributed by atoms with Crippen LogP contribution in [0.3, 0.4) is 0 Å². The Morgan fingerprint density at radius 2 is 0.508 bits per heavy atom. The van der Waals surface area contributed by atoms with E-state index in [1.54, 1.807) is 0 Å². The van der Waals surface area contributed by atoms with Gasteiger partial charge in [0, 0.05) is 19.3 Å². The third-order valence-corrected chi connectivity index (χ3v) is 12.6. The molecule has 0 N–H and O–H groups in total. The Bertz CT molecular complexity index is 1090. The summed E-state index contributed by atoms with van der Waals surface area (Å²) >= 11 is 0. The molecule has 0 aromatic heterocycles. The van der Waals surface area contributed by atoms with Gasteiger partial charge >= 0.3 is 17.9 Å². The highest BCUT2D eigenvalue weighted by molar-refractivity contribution is 5.71. The fraction of sp³-hybridized carbons (Fsp3) is 0.847. The maximum atomic E-state index is 12.8. The molecule has 0 saturated heterocycles. The first-order valence-electron chi connectivity index (χ1n) is 28.5. The van der Waals surface area contributed by atoms with Gasteiger partial charge in [0.15, 0.2) is 6.10 Å². The van der Waals surface area contributed by atoms with Crippen LogP contribution in [0.15, 0.2) is 36.5 Å². The summed E-state index contributed by atoms with van der Waals surface area (Å²) in [5.41, 5.74) is 0. The summed E-state index contributed by atoms with van der Waals surface area (Å²) in [5.74, 6) is -0.880. The van der Waals surface area contributed by atoms with Gasteiger partial charge in [-0.25, -0.2) is 0 Å². The molecule has 0 radical (unpaired) electrons. The Kier molecular flexibility index (Phi) is 52.3. The first-order valence-corrected chi connectivity index (χ1v) is 28.5. The average molecular weight is 914 g/mol. The Hall–Kier alpha value is -2.37. The summed E-state index contributed by atoms with van der Waals surface area (Å²) in [6.07, 6.45) is 64.1. The highest BCUT2D eigenvalue weighted by Gasteiger charge is 2.19. The molecule has 0 aliphatic rings. The number of carbonyl (C=O) groups is 3. The van der Waals surface area contributed by atoms with Crippen LogP contribution in [0.2, 0.25) is 0 Å². The van der Waals surface area contributed by atoms with Crippen molar-refractivity contribution in [2.75, 3.05) is 13.2 Å². The van der Waals surface area contributed by atoms with Crippen LogP contribution < -0.4 is 0 Å². The van der Waals surface area contributed by atoms with Gasteiger partial charge in [0.2, 0.25) is 0 Å². The molecular weight excluding hydrogens is 805 g/mol. The van der Waals surface area contributed by atoms with Crippen molar-refractivity contribution < 1.29 is 28.6 Å². The van der Waals surface area contributed by atoms with Crippen LogP contribution >= 0.6 is 0 Å². The third-order valence-electron chi connectivity index (χ3n) is 12.6. The second-order valence-corrected chi connectivity index (χ2v) is 19.2. The average Bonchev–Trinajstić information content (AvgIpc) is 3.30. The van der Waals surface area contributed by atoms with E-state index in [1.165, 1.54) is 199 Å². The highest BCUT2D eigenvalue weighted by atomic mass is 16.6. The number of hydrogen-bond donors (Lipinski definition) is 0. The summed E-state index contributed by atoms with van der Waals surface area (Å²) in [5, 5.41) is 0. The molecule has 6 heteroatoms. The SMILES string of the molecule is CCCCCC/C=C\CCCCCCCC(=O)OC[C@H](COC(=O)CCCCCCCCC/C=C\CCCCCCCC)OC(=O)CCCCCCCCC/C=C\CCCCCCCC. The molecule has 0 aromatic rings. The molecule has 0 amide bonds. The van der Waals surface area contributed by atoms with Crippen molar-refractivity contribution in [3.63, 3.8) is 0 Å². The van der Waals surface area contributed by atoms with Gasteiger partial charge in [-0.3, -0.25) is 14.4 Å². The lowest BCUT2D eigenvalue weighted by atomic mass is 10.1. The summed E-state index contributed by atoms with van der Waals surface area (Å²) in [6.45, 7) is 6.63. The molecule has 0 spiro atoms. The number of allylic oxidation sites excluding steroid dienone is 6. The van der Waals surface area contributed by atoms with Gasteiger partial charge < -0.3 is 14.2 Å². The summed E-state index contributed by atoms with van der Waals surface area (Å²) in [6, 6.07) is 0. The molecule has 0 heterocycles. The van der Waals surface area contributed by atoms with Gasteiger partial charge in [-0.2, -0.15) is 0 Å². The molecule has 0 aliphatic heterocycles. The summed E-state index contributed by atoms with van der Waals surface area (Å²) in [7, 11) is 0. The minimum Gasteiger partial charge on any atom is -0.462 e. The largest absolute Gasteiger partial charge is 0.462 e. The zero-order valence-electron chi connectivity index (χ0n) is 43.5. The number of hydrogen-bond acceptors (Lipinski definition) is 6. The highest BCUT2D eigenvalue weighted by Crippen LogP contribution is 2.15. The molecule has 65 heavy (non-hydrogen) atoms. The van der Waals surface area contributed by atoms with Crippen molar-refractivity contribution >= 4 is 17.9 Å². The van der Waals surface area contributed by atoms with Gasteiger partial charge in [-0.15, -0.1) is 0 Å². The summed E-state index contributed by atoms with van der Waals surface area (Å²) in [4.78, 5) is 38.1. The van der Waals surface area contributed by atoms with Crippen molar-refractivity contribution in [1.29, 1.82) is 0 Å². The molecular formula is C59H108O6. The molecule has 0 rings (SSSR count). The molecule has 0 aromatic carbocycles. The minimum atomic E-state index is -0.777. The quantitative estimate of drug-likeness (QED) is 0.0262. The lowest BCUT2D eigenvalue weighted by Crippen LogP contribution is -2.30. The first-order chi connectivity index (χ1) is 32.0. The van der Waals surface area contributed by atoms with E-state index in [9.17, 15) is 14.4 Å². The van der Waals surface area contributed by atoms with E-state index in [0.29, 0.717) is 19.3 Å². The number of esters is 3. The van der Waals surface area contributed by atoms with Gasteiger partial charge in [-0.05, 0) is 96.3 Å². The van der Waals surface area contributed by atoms with E-state index in [0.717, 1.165) is 64.2 Å². The Morgan fingerprint density at radius 1 is 0.292 bits per heavy atom. The molecule has 380 valence electrons.